The number of carbonyl (C=O) groups excluding carboxylic acids is 1. The maximum Gasteiger partial charge on any atom is 0.240 e. The Bertz CT molecular complexity index is 415. The molecule has 2 heterocycles. The van der Waals surface area contributed by atoms with E-state index in [0.29, 0.717) is 10.4 Å². The molecule has 1 aliphatic heterocycles. The van der Waals surface area contributed by atoms with Gasteiger partial charge in [-0.25, -0.2) is 9.37 Å². The van der Waals surface area contributed by atoms with Crippen LogP contribution in [0.15, 0.2) is 22.8 Å². The zero-order valence-electron chi connectivity index (χ0n) is 8.44. The second kappa shape index (κ2) is 4.37. The molecule has 4 nitrogen and oxygen atoms in total. The van der Waals surface area contributed by atoms with Crippen LogP contribution in [0, 0.1) is 0 Å². The highest BCUT2D eigenvalue weighted by Gasteiger charge is 2.36. The molecule has 0 radical (unpaired) electrons. The molecule has 0 bridgehead atoms. The minimum atomic E-state index is -1.03. The second-order valence-corrected chi connectivity index (χ2v) is 4.53. The number of hydrogen-bond acceptors (Lipinski definition) is 3. The third-order valence-corrected chi connectivity index (χ3v) is 3.01. The molecule has 1 aromatic heterocycles. The van der Waals surface area contributed by atoms with E-state index in [2.05, 4.69) is 20.9 Å². The predicted molar refractivity (Wildman–Crippen MR) is 61.8 cm³/mol. The summed E-state index contributed by atoms with van der Waals surface area (Å²) in [5.41, 5.74) is 5.24. The number of carbonyl (C=O) groups is 1. The van der Waals surface area contributed by atoms with Gasteiger partial charge in [0, 0.05) is 6.42 Å². The zero-order valence-corrected chi connectivity index (χ0v) is 10.0. The molecule has 0 aliphatic carbocycles. The van der Waals surface area contributed by atoms with Gasteiger partial charge in [0.05, 0.1) is 6.54 Å². The molecule has 0 aromatic carbocycles. The molecule has 1 aliphatic rings. The first-order valence-corrected chi connectivity index (χ1v) is 5.70. The number of nitrogens with two attached hydrogens (primary N) is 1. The average molecular weight is 288 g/mol. The molecule has 0 unspecified atom stereocenters. The first-order chi connectivity index (χ1) is 7.58. The van der Waals surface area contributed by atoms with Crippen LogP contribution in [0.25, 0.3) is 0 Å². The van der Waals surface area contributed by atoms with Crippen molar-refractivity contribution in [2.24, 2.45) is 5.73 Å². The average Bonchev–Trinajstić information content (AvgIpc) is 2.60. The molecular formula is C10H11BrFN3O. The van der Waals surface area contributed by atoms with E-state index in [0.717, 1.165) is 0 Å². The number of primary amides is 1. The summed E-state index contributed by atoms with van der Waals surface area (Å²) in [6.45, 7) is 0.164. The molecule has 6 heteroatoms. The van der Waals surface area contributed by atoms with Crippen molar-refractivity contribution in [1.82, 2.24) is 4.98 Å². The number of anilines is 1. The van der Waals surface area contributed by atoms with E-state index in [9.17, 15) is 9.18 Å². The van der Waals surface area contributed by atoms with Crippen molar-refractivity contribution in [1.29, 1.82) is 0 Å². The van der Waals surface area contributed by atoms with Gasteiger partial charge >= 0.3 is 0 Å². The van der Waals surface area contributed by atoms with Crippen LogP contribution in [0.3, 0.4) is 0 Å². The fraction of sp³-hybridized carbons (Fsp3) is 0.400. The smallest absolute Gasteiger partial charge is 0.240 e. The first kappa shape index (κ1) is 11.3. The Balaban J connectivity index is 2.28. The third kappa shape index (κ3) is 2.16. The summed E-state index contributed by atoms with van der Waals surface area (Å²) >= 11 is 3.23. The van der Waals surface area contributed by atoms with E-state index in [1.165, 1.54) is 0 Å². The Labute approximate surface area is 101 Å². The van der Waals surface area contributed by atoms with Crippen molar-refractivity contribution in [2.45, 2.75) is 18.6 Å². The second-order valence-electron chi connectivity index (χ2n) is 3.72. The quantitative estimate of drug-likeness (QED) is 0.833. The number of hydrogen-bond donors (Lipinski definition) is 1. The lowest BCUT2D eigenvalue weighted by Crippen LogP contribution is -2.40. The van der Waals surface area contributed by atoms with Gasteiger partial charge in [-0.2, -0.15) is 0 Å². The molecule has 16 heavy (non-hydrogen) atoms. The van der Waals surface area contributed by atoms with Crippen LogP contribution >= 0.6 is 15.9 Å². The highest BCUT2D eigenvalue weighted by molar-refractivity contribution is 9.10. The van der Waals surface area contributed by atoms with E-state index in [1.54, 1.807) is 23.1 Å². The Kier molecular flexibility index (Phi) is 3.09. The molecule has 1 fully saturated rings. The van der Waals surface area contributed by atoms with Gasteiger partial charge in [-0.05, 0) is 28.1 Å². The zero-order chi connectivity index (χ0) is 11.7. The Morgan fingerprint density at radius 1 is 1.62 bits per heavy atom. The van der Waals surface area contributed by atoms with Gasteiger partial charge in [0.2, 0.25) is 5.91 Å². The molecule has 2 atom stereocenters. The highest BCUT2D eigenvalue weighted by Crippen LogP contribution is 2.26. The van der Waals surface area contributed by atoms with E-state index < -0.39 is 18.1 Å². The van der Waals surface area contributed by atoms with Crippen LogP contribution in [0.5, 0.6) is 0 Å². The molecule has 1 amide bonds. The third-order valence-electron chi connectivity index (χ3n) is 2.57. The minimum Gasteiger partial charge on any atom is -0.368 e. The van der Waals surface area contributed by atoms with Crippen molar-refractivity contribution in [3.05, 3.63) is 22.8 Å². The van der Waals surface area contributed by atoms with Gasteiger partial charge in [0.15, 0.2) is 0 Å². The van der Waals surface area contributed by atoms with Gasteiger partial charge in [-0.3, -0.25) is 4.79 Å². The Morgan fingerprint density at radius 2 is 2.38 bits per heavy atom. The Morgan fingerprint density at radius 3 is 3.00 bits per heavy atom. The lowest BCUT2D eigenvalue weighted by Gasteiger charge is -2.22. The number of aromatic nitrogens is 1. The maximum atomic E-state index is 13.3. The summed E-state index contributed by atoms with van der Waals surface area (Å²) < 4.78 is 13.9. The lowest BCUT2D eigenvalue weighted by molar-refractivity contribution is -0.119. The number of amides is 1. The van der Waals surface area contributed by atoms with Crippen molar-refractivity contribution in [2.75, 3.05) is 11.4 Å². The van der Waals surface area contributed by atoms with Gasteiger partial charge in [-0.1, -0.05) is 6.07 Å². The van der Waals surface area contributed by atoms with Crippen LogP contribution in [-0.2, 0) is 4.79 Å². The summed E-state index contributed by atoms with van der Waals surface area (Å²) in [5, 5.41) is 0. The van der Waals surface area contributed by atoms with E-state index in [-0.39, 0.29) is 13.0 Å². The van der Waals surface area contributed by atoms with Crippen molar-refractivity contribution in [3.8, 4) is 0 Å². The maximum absolute atomic E-state index is 13.3. The van der Waals surface area contributed by atoms with Gasteiger partial charge in [-0.15, -0.1) is 0 Å². The Hall–Kier alpha value is -1.17. The number of rotatable bonds is 2. The van der Waals surface area contributed by atoms with E-state index in [4.69, 9.17) is 5.73 Å². The number of halogens is 2. The van der Waals surface area contributed by atoms with Crippen LogP contribution in [0.1, 0.15) is 6.42 Å². The van der Waals surface area contributed by atoms with Crippen molar-refractivity contribution in [3.63, 3.8) is 0 Å². The summed E-state index contributed by atoms with van der Waals surface area (Å²) in [5.74, 6) is 0.0558. The topological polar surface area (TPSA) is 59.2 Å². The van der Waals surface area contributed by atoms with E-state index >= 15 is 0 Å². The number of pyridine rings is 1. The summed E-state index contributed by atoms with van der Waals surface area (Å²) in [4.78, 5) is 17.0. The fourth-order valence-corrected chi connectivity index (χ4v) is 2.20. The summed E-state index contributed by atoms with van der Waals surface area (Å²) in [7, 11) is 0. The van der Waals surface area contributed by atoms with Crippen LogP contribution in [0.4, 0.5) is 10.2 Å². The number of nitrogens with zero attached hydrogens (tertiary/aromatic N) is 2. The van der Waals surface area contributed by atoms with Crippen molar-refractivity contribution >= 4 is 27.7 Å². The summed E-state index contributed by atoms with van der Waals surface area (Å²) in [6, 6.07) is 4.69. The predicted octanol–water partition coefficient (Wildman–Crippen LogP) is 1.25. The molecule has 0 saturated carbocycles. The molecule has 0 spiro atoms. The summed E-state index contributed by atoms with van der Waals surface area (Å²) in [6.07, 6.45) is -0.887. The van der Waals surface area contributed by atoms with Crippen LogP contribution in [-0.4, -0.2) is 29.6 Å². The molecular weight excluding hydrogens is 277 g/mol. The standard InChI is InChI=1S/C10H11BrFN3O/c11-8-2-1-3-9(14-8)15-5-6(12)4-7(15)10(13)16/h1-3,6-7H,4-5H2,(H2,13,16)/t6-,7+/m1/s1. The van der Waals surface area contributed by atoms with Gasteiger partial charge < -0.3 is 10.6 Å². The van der Waals surface area contributed by atoms with Crippen LogP contribution in [0.2, 0.25) is 0 Å². The first-order valence-electron chi connectivity index (χ1n) is 4.90. The molecule has 2 N–H and O–H groups in total. The minimum absolute atomic E-state index is 0.142. The number of alkyl halides is 1. The normalized spacial score (nSPS) is 24.8. The molecule has 86 valence electrons. The lowest BCUT2D eigenvalue weighted by atomic mass is 10.2. The van der Waals surface area contributed by atoms with E-state index in [1.807, 2.05) is 0 Å². The monoisotopic (exact) mass is 287 g/mol. The SMILES string of the molecule is NC(=O)[C@@H]1C[C@@H](F)CN1c1cccc(Br)n1. The fourth-order valence-electron chi connectivity index (χ4n) is 1.87. The largest absolute Gasteiger partial charge is 0.368 e. The highest BCUT2D eigenvalue weighted by atomic mass is 79.9. The molecule has 2 rings (SSSR count). The van der Waals surface area contributed by atoms with Gasteiger partial charge in [0.1, 0.15) is 22.6 Å². The molecule has 1 aromatic rings. The van der Waals surface area contributed by atoms with Crippen molar-refractivity contribution < 1.29 is 9.18 Å². The van der Waals surface area contributed by atoms with Gasteiger partial charge in [0.25, 0.3) is 0 Å². The molecule has 1 saturated heterocycles. The van der Waals surface area contributed by atoms with Crippen LogP contribution < -0.4 is 10.6 Å².